The third-order valence-corrected chi connectivity index (χ3v) is 2.80. The SMILES string of the molecule is CCOC(=O)C(=O)c1oc2cc(Cl)ccc2c1C. The summed E-state index contributed by atoms with van der Waals surface area (Å²) < 4.78 is 10.0. The minimum atomic E-state index is -0.911. The van der Waals surface area contributed by atoms with E-state index in [0.717, 1.165) is 5.39 Å². The second kappa shape index (κ2) is 4.82. The maximum Gasteiger partial charge on any atom is 0.383 e. The third kappa shape index (κ3) is 2.11. The van der Waals surface area contributed by atoms with Gasteiger partial charge in [-0.1, -0.05) is 11.6 Å². The third-order valence-electron chi connectivity index (χ3n) is 2.57. The average Bonchev–Trinajstić information content (AvgIpc) is 2.65. The first-order valence-corrected chi connectivity index (χ1v) is 5.82. The number of hydrogen-bond acceptors (Lipinski definition) is 4. The predicted octanol–water partition coefficient (Wildman–Crippen LogP) is 3.14. The van der Waals surface area contributed by atoms with Crippen molar-refractivity contribution < 1.29 is 18.7 Å². The summed E-state index contributed by atoms with van der Waals surface area (Å²) in [6, 6.07) is 5.05. The minimum absolute atomic E-state index is 0.00529. The lowest BCUT2D eigenvalue weighted by molar-refractivity contribution is -0.137. The van der Waals surface area contributed by atoms with Gasteiger partial charge in [-0.2, -0.15) is 0 Å². The molecule has 0 aliphatic rings. The van der Waals surface area contributed by atoms with Crippen molar-refractivity contribution in [3.05, 3.63) is 34.5 Å². The summed E-state index contributed by atoms with van der Waals surface area (Å²) in [5.74, 6) is -1.68. The van der Waals surface area contributed by atoms with Crippen molar-refractivity contribution in [3.8, 4) is 0 Å². The van der Waals surface area contributed by atoms with Gasteiger partial charge in [0.1, 0.15) is 5.58 Å². The van der Waals surface area contributed by atoms with Crippen LogP contribution in [0.5, 0.6) is 0 Å². The first-order chi connectivity index (χ1) is 8.54. The molecule has 0 bridgehead atoms. The number of hydrogen-bond donors (Lipinski definition) is 0. The molecule has 2 aromatic rings. The zero-order valence-corrected chi connectivity index (χ0v) is 10.7. The summed E-state index contributed by atoms with van der Waals surface area (Å²) >= 11 is 5.84. The van der Waals surface area contributed by atoms with E-state index < -0.39 is 11.8 Å². The Morgan fingerprint density at radius 2 is 2.11 bits per heavy atom. The van der Waals surface area contributed by atoms with Crippen molar-refractivity contribution in [2.24, 2.45) is 0 Å². The predicted molar refractivity (Wildman–Crippen MR) is 66.9 cm³/mol. The maximum atomic E-state index is 11.8. The Kier molecular flexibility index (Phi) is 3.39. The van der Waals surface area contributed by atoms with Gasteiger partial charge < -0.3 is 9.15 Å². The largest absolute Gasteiger partial charge is 0.460 e. The molecule has 0 atom stereocenters. The van der Waals surface area contributed by atoms with E-state index in [1.165, 1.54) is 0 Å². The van der Waals surface area contributed by atoms with Gasteiger partial charge in [0, 0.05) is 22.0 Å². The van der Waals surface area contributed by atoms with Crippen LogP contribution < -0.4 is 0 Å². The fraction of sp³-hybridized carbons (Fsp3) is 0.231. The lowest BCUT2D eigenvalue weighted by Crippen LogP contribution is -2.17. The van der Waals surface area contributed by atoms with E-state index in [4.69, 9.17) is 16.0 Å². The molecular weight excluding hydrogens is 256 g/mol. The first kappa shape index (κ1) is 12.6. The van der Waals surface area contributed by atoms with Gasteiger partial charge >= 0.3 is 11.8 Å². The van der Waals surface area contributed by atoms with E-state index >= 15 is 0 Å². The molecule has 1 aromatic heterocycles. The van der Waals surface area contributed by atoms with Crippen molar-refractivity contribution in [1.29, 1.82) is 0 Å². The van der Waals surface area contributed by atoms with Gasteiger partial charge in [-0.3, -0.25) is 4.79 Å². The van der Waals surface area contributed by atoms with Gasteiger partial charge in [0.25, 0.3) is 0 Å². The number of aryl methyl sites for hydroxylation is 1. The number of ether oxygens (including phenoxy) is 1. The number of benzene rings is 1. The van der Waals surface area contributed by atoms with Crippen LogP contribution in [0.15, 0.2) is 22.6 Å². The van der Waals surface area contributed by atoms with E-state index in [0.29, 0.717) is 16.2 Å². The van der Waals surface area contributed by atoms with Crippen LogP contribution in [0.1, 0.15) is 23.0 Å². The second-order valence-corrected chi connectivity index (χ2v) is 4.18. The molecule has 94 valence electrons. The number of Topliss-reactive ketones (excluding diaryl/α,β-unsaturated/α-hetero) is 1. The summed E-state index contributed by atoms with van der Waals surface area (Å²) in [6.45, 7) is 3.50. The van der Waals surface area contributed by atoms with Crippen LogP contribution in [0.3, 0.4) is 0 Å². The Bertz CT molecular complexity index is 627. The number of fused-ring (bicyclic) bond motifs is 1. The van der Waals surface area contributed by atoms with E-state index in [1.807, 2.05) is 0 Å². The van der Waals surface area contributed by atoms with Gasteiger partial charge in [-0.25, -0.2) is 4.79 Å². The molecule has 18 heavy (non-hydrogen) atoms. The van der Waals surface area contributed by atoms with E-state index in [-0.39, 0.29) is 12.4 Å². The van der Waals surface area contributed by atoms with E-state index in [2.05, 4.69) is 4.74 Å². The Labute approximate surface area is 108 Å². The first-order valence-electron chi connectivity index (χ1n) is 5.44. The molecule has 0 saturated carbocycles. The smallest absolute Gasteiger partial charge is 0.383 e. The van der Waals surface area contributed by atoms with Crippen molar-refractivity contribution in [2.45, 2.75) is 13.8 Å². The fourth-order valence-electron chi connectivity index (χ4n) is 1.71. The van der Waals surface area contributed by atoms with Crippen LogP contribution in [0.2, 0.25) is 5.02 Å². The van der Waals surface area contributed by atoms with Crippen LogP contribution in [0.25, 0.3) is 11.0 Å². The van der Waals surface area contributed by atoms with Gasteiger partial charge in [0.15, 0.2) is 5.76 Å². The molecule has 0 N–H and O–H groups in total. The van der Waals surface area contributed by atoms with Crippen LogP contribution >= 0.6 is 11.6 Å². The molecule has 0 amide bonds. The maximum absolute atomic E-state index is 11.8. The molecule has 0 aliphatic heterocycles. The van der Waals surface area contributed by atoms with Gasteiger partial charge in [-0.05, 0) is 26.0 Å². The fourth-order valence-corrected chi connectivity index (χ4v) is 1.87. The topological polar surface area (TPSA) is 56.5 Å². The highest BCUT2D eigenvalue weighted by Gasteiger charge is 2.25. The van der Waals surface area contributed by atoms with E-state index in [1.54, 1.807) is 32.0 Å². The van der Waals surface area contributed by atoms with Crippen molar-refractivity contribution >= 4 is 34.3 Å². The summed E-state index contributed by atoms with van der Waals surface area (Å²) in [5.41, 5.74) is 1.09. The van der Waals surface area contributed by atoms with Gasteiger partial charge in [-0.15, -0.1) is 0 Å². The highest BCUT2D eigenvalue weighted by atomic mass is 35.5. The van der Waals surface area contributed by atoms with Crippen molar-refractivity contribution in [1.82, 2.24) is 0 Å². The Hall–Kier alpha value is -1.81. The second-order valence-electron chi connectivity index (χ2n) is 3.75. The number of esters is 1. The Morgan fingerprint density at radius 1 is 1.39 bits per heavy atom. The molecule has 1 aromatic carbocycles. The monoisotopic (exact) mass is 266 g/mol. The zero-order chi connectivity index (χ0) is 13.3. The summed E-state index contributed by atoms with van der Waals surface area (Å²) in [6.07, 6.45) is 0. The summed E-state index contributed by atoms with van der Waals surface area (Å²) in [4.78, 5) is 23.2. The zero-order valence-electron chi connectivity index (χ0n) is 9.95. The molecule has 2 rings (SSSR count). The molecule has 0 saturated heterocycles. The number of halogens is 1. The number of carbonyl (C=O) groups is 2. The molecule has 0 radical (unpaired) electrons. The highest BCUT2D eigenvalue weighted by Crippen LogP contribution is 2.28. The average molecular weight is 267 g/mol. The molecule has 0 unspecified atom stereocenters. The summed E-state index contributed by atoms with van der Waals surface area (Å²) in [7, 11) is 0. The van der Waals surface area contributed by atoms with Gasteiger partial charge in [0.05, 0.1) is 6.61 Å². The van der Waals surface area contributed by atoms with E-state index in [9.17, 15) is 9.59 Å². The van der Waals surface area contributed by atoms with Crippen molar-refractivity contribution in [2.75, 3.05) is 6.61 Å². The quantitative estimate of drug-likeness (QED) is 0.486. The number of ketones is 1. The lowest BCUT2D eigenvalue weighted by atomic mass is 10.1. The normalized spacial score (nSPS) is 10.6. The highest BCUT2D eigenvalue weighted by molar-refractivity contribution is 6.40. The number of furan rings is 1. The number of carbonyl (C=O) groups excluding carboxylic acids is 2. The molecule has 0 spiro atoms. The molecular formula is C13H11ClO4. The molecule has 4 nitrogen and oxygen atoms in total. The van der Waals surface area contributed by atoms with Crippen LogP contribution in [0, 0.1) is 6.92 Å². The number of rotatable bonds is 3. The summed E-state index contributed by atoms with van der Waals surface area (Å²) in [5, 5.41) is 1.26. The molecule has 0 aliphatic carbocycles. The lowest BCUT2D eigenvalue weighted by Gasteiger charge is -1.98. The molecule has 5 heteroatoms. The Morgan fingerprint density at radius 3 is 2.78 bits per heavy atom. The molecule has 1 heterocycles. The van der Waals surface area contributed by atoms with Crippen LogP contribution in [-0.2, 0) is 9.53 Å². The van der Waals surface area contributed by atoms with Gasteiger partial charge in [0.2, 0.25) is 0 Å². The Balaban J connectivity index is 2.49. The van der Waals surface area contributed by atoms with Crippen LogP contribution in [-0.4, -0.2) is 18.4 Å². The minimum Gasteiger partial charge on any atom is -0.460 e. The standard InChI is InChI=1S/C13H11ClO4/c1-3-17-13(16)11(15)12-7(2)9-5-4-8(14)6-10(9)18-12/h4-6H,3H2,1-2H3. The van der Waals surface area contributed by atoms with Crippen molar-refractivity contribution in [3.63, 3.8) is 0 Å². The van der Waals surface area contributed by atoms with Crippen LogP contribution in [0.4, 0.5) is 0 Å². The molecule has 0 fully saturated rings.